The van der Waals surface area contributed by atoms with Crippen molar-refractivity contribution < 1.29 is 8.42 Å². The molecule has 0 heterocycles. The summed E-state index contributed by atoms with van der Waals surface area (Å²) < 4.78 is 27.1. The van der Waals surface area contributed by atoms with Gasteiger partial charge in [-0.25, -0.2) is 13.1 Å². The van der Waals surface area contributed by atoms with Gasteiger partial charge in [0, 0.05) is 6.04 Å². The van der Waals surface area contributed by atoms with E-state index in [9.17, 15) is 8.42 Å². The van der Waals surface area contributed by atoms with Crippen molar-refractivity contribution in [1.82, 2.24) is 4.72 Å². The average Bonchev–Trinajstić information content (AvgIpc) is 3.25. The van der Waals surface area contributed by atoms with E-state index in [0.717, 1.165) is 10.9 Å². The SMILES string of the molecule is C[C@@H](Cc1ccc2ccccc2c1)NS(=O)(=O)CC1(C#N)CC1. The van der Waals surface area contributed by atoms with Gasteiger partial charge in [0.25, 0.3) is 0 Å². The van der Waals surface area contributed by atoms with Crippen LogP contribution in [-0.2, 0) is 16.4 Å². The molecule has 0 saturated heterocycles. The molecule has 1 aliphatic carbocycles. The van der Waals surface area contributed by atoms with Gasteiger partial charge in [0.1, 0.15) is 0 Å². The lowest BCUT2D eigenvalue weighted by atomic mass is 10.0. The molecule has 23 heavy (non-hydrogen) atoms. The molecule has 1 fully saturated rings. The fraction of sp³-hybridized carbons (Fsp3) is 0.389. The molecular formula is C18H20N2O2S. The Morgan fingerprint density at radius 1 is 1.22 bits per heavy atom. The zero-order valence-corrected chi connectivity index (χ0v) is 13.9. The summed E-state index contributed by atoms with van der Waals surface area (Å²) in [6, 6.07) is 16.2. The van der Waals surface area contributed by atoms with Crippen LogP contribution in [0, 0.1) is 16.7 Å². The number of sulfonamides is 1. The number of benzene rings is 2. The van der Waals surface area contributed by atoms with Crippen molar-refractivity contribution in [3.63, 3.8) is 0 Å². The summed E-state index contributed by atoms with van der Waals surface area (Å²) >= 11 is 0. The van der Waals surface area contributed by atoms with E-state index in [1.165, 1.54) is 5.39 Å². The van der Waals surface area contributed by atoms with Crippen LogP contribution in [0.3, 0.4) is 0 Å². The lowest BCUT2D eigenvalue weighted by molar-refractivity contribution is 0.549. The minimum Gasteiger partial charge on any atom is -0.212 e. The smallest absolute Gasteiger partial charge is 0.212 e. The van der Waals surface area contributed by atoms with E-state index in [1.807, 2.05) is 25.1 Å². The van der Waals surface area contributed by atoms with Crippen LogP contribution in [0.2, 0.25) is 0 Å². The van der Waals surface area contributed by atoms with Gasteiger partial charge in [0.05, 0.1) is 17.2 Å². The van der Waals surface area contributed by atoms with Crippen LogP contribution < -0.4 is 4.72 Å². The van der Waals surface area contributed by atoms with Crippen molar-refractivity contribution in [2.45, 2.75) is 32.2 Å². The summed E-state index contributed by atoms with van der Waals surface area (Å²) in [6.07, 6.45) is 2.00. The van der Waals surface area contributed by atoms with Crippen LogP contribution in [0.4, 0.5) is 0 Å². The van der Waals surface area contributed by atoms with Crippen LogP contribution in [-0.4, -0.2) is 20.2 Å². The molecule has 3 rings (SSSR count). The average molecular weight is 328 g/mol. The van der Waals surface area contributed by atoms with Crippen molar-refractivity contribution >= 4 is 20.8 Å². The van der Waals surface area contributed by atoms with Gasteiger partial charge in [-0.05, 0) is 42.5 Å². The van der Waals surface area contributed by atoms with Gasteiger partial charge < -0.3 is 0 Å². The molecule has 0 spiro atoms. The topological polar surface area (TPSA) is 70.0 Å². The first-order valence-corrected chi connectivity index (χ1v) is 9.46. The summed E-state index contributed by atoms with van der Waals surface area (Å²) in [5.41, 5.74) is 0.453. The molecule has 1 atom stereocenters. The molecule has 1 aliphatic rings. The van der Waals surface area contributed by atoms with Crippen molar-refractivity contribution in [2.75, 3.05) is 5.75 Å². The number of hydrogen-bond acceptors (Lipinski definition) is 3. The monoisotopic (exact) mass is 328 g/mol. The van der Waals surface area contributed by atoms with Gasteiger partial charge in [0.2, 0.25) is 10.0 Å². The minimum absolute atomic E-state index is 0.0848. The Labute approximate surface area is 137 Å². The molecule has 0 radical (unpaired) electrons. The maximum absolute atomic E-state index is 12.2. The molecule has 2 aromatic carbocycles. The predicted octanol–water partition coefficient (Wildman–Crippen LogP) is 2.99. The standard InChI is InChI=1S/C18H20N2O2S/c1-14(20-23(21,22)13-18(12-19)8-9-18)10-15-6-7-16-4-2-3-5-17(16)11-15/h2-7,11,14,20H,8-10,13H2,1H3/t14-/m0/s1. The van der Waals surface area contributed by atoms with E-state index in [2.05, 4.69) is 35.1 Å². The molecule has 0 unspecified atom stereocenters. The molecule has 0 aromatic heterocycles. The fourth-order valence-electron chi connectivity index (χ4n) is 2.91. The molecule has 5 heteroatoms. The van der Waals surface area contributed by atoms with Crippen molar-refractivity contribution in [1.29, 1.82) is 5.26 Å². The number of nitriles is 1. The van der Waals surface area contributed by atoms with Crippen LogP contribution in [0.15, 0.2) is 42.5 Å². The number of rotatable bonds is 6. The Hall–Kier alpha value is -1.90. The first-order valence-electron chi connectivity index (χ1n) is 7.80. The molecule has 2 aromatic rings. The maximum Gasteiger partial charge on any atom is 0.213 e. The molecular weight excluding hydrogens is 308 g/mol. The van der Waals surface area contributed by atoms with E-state index >= 15 is 0 Å². The third-order valence-corrected chi connectivity index (χ3v) is 5.99. The molecule has 0 bridgehead atoms. The van der Waals surface area contributed by atoms with Gasteiger partial charge in [-0.15, -0.1) is 0 Å². The zero-order valence-electron chi connectivity index (χ0n) is 13.1. The van der Waals surface area contributed by atoms with Gasteiger partial charge in [-0.3, -0.25) is 0 Å². The number of fused-ring (bicyclic) bond motifs is 1. The minimum atomic E-state index is -3.42. The fourth-order valence-corrected chi connectivity index (χ4v) is 4.77. The van der Waals surface area contributed by atoms with Gasteiger partial charge >= 0.3 is 0 Å². The van der Waals surface area contributed by atoms with E-state index in [0.29, 0.717) is 19.3 Å². The normalized spacial score (nSPS) is 17.6. The molecule has 1 N–H and O–H groups in total. The second-order valence-electron chi connectivity index (χ2n) is 6.56. The number of nitrogens with zero attached hydrogens (tertiary/aromatic N) is 1. The van der Waals surface area contributed by atoms with Crippen LogP contribution in [0.25, 0.3) is 10.8 Å². The zero-order chi connectivity index (χ0) is 16.5. The quantitative estimate of drug-likeness (QED) is 0.886. The summed E-state index contributed by atoms with van der Waals surface area (Å²) in [4.78, 5) is 0. The molecule has 4 nitrogen and oxygen atoms in total. The molecule has 0 amide bonds. The van der Waals surface area contributed by atoms with Gasteiger partial charge in [-0.2, -0.15) is 5.26 Å². The Bertz CT molecular complexity index is 864. The molecule has 1 saturated carbocycles. The van der Waals surface area contributed by atoms with Crippen LogP contribution in [0.5, 0.6) is 0 Å². The van der Waals surface area contributed by atoms with Crippen molar-refractivity contribution in [2.24, 2.45) is 5.41 Å². The van der Waals surface area contributed by atoms with Gasteiger partial charge in [-0.1, -0.05) is 42.5 Å². The van der Waals surface area contributed by atoms with Crippen molar-refractivity contribution in [3.8, 4) is 6.07 Å². The predicted molar refractivity (Wildman–Crippen MR) is 91.3 cm³/mol. The summed E-state index contributed by atoms with van der Waals surface area (Å²) in [5.74, 6) is -0.0848. The maximum atomic E-state index is 12.2. The second-order valence-corrected chi connectivity index (χ2v) is 8.31. The Morgan fingerprint density at radius 3 is 2.57 bits per heavy atom. The van der Waals surface area contributed by atoms with E-state index in [4.69, 9.17) is 5.26 Å². The number of hydrogen-bond donors (Lipinski definition) is 1. The van der Waals surface area contributed by atoms with Crippen LogP contribution in [0.1, 0.15) is 25.3 Å². The second kappa shape index (κ2) is 5.95. The largest absolute Gasteiger partial charge is 0.213 e. The summed E-state index contributed by atoms with van der Waals surface area (Å²) in [5, 5.41) is 11.4. The molecule has 0 aliphatic heterocycles. The van der Waals surface area contributed by atoms with Crippen LogP contribution >= 0.6 is 0 Å². The highest BCUT2D eigenvalue weighted by atomic mass is 32.2. The third-order valence-electron chi connectivity index (χ3n) is 4.29. The van der Waals surface area contributed by atoms with E-state index in [-0.39, 0.29) is 11.8 Å². The highest BCUT2D eigenvalue weighted by Gasteiger charge is 2.47. The van der Waals surface area contributed by atoms with Crippen molar-refractivity contribution in [3.05, 3.63) is 48.0 Å². The summed E-state index contributed by atoms with van der Waals surface area (Å²) in [7, 11) is -3.42. The Kier molecular flexibility index (Phi) is 4.13. The first-order chi connectivity index (χ1) is 10.9. The highest BCUT2D eigenvalue weighted by molar-refractivity contribution is 7.89. The third kappa shape index (κ3) is 3.90. The molecule has 120 valence electrons. The van der Waals surface area contributed by atoms with E-state index in [1.54, 1.807) is 0 Å². The van der Waals surface area contributed by atoms with E-state index < -0.39 is 15.4 Å². The Morgan fingerprint density at radius 2 is 1.91 bits per heavy atom. The van der Waals surface area contributed by atoms with Gasteiger partial charge in [0.15, 0.2) is 0 Å². The lowest BCUT2D eigenvalue weighted by Crippen LogP contribution is -2.37. The number of nitrogens with one attached hydrogen (secondary N) is 1. The first kappa shape index (κ1) is 16.0. The highest BCUT2D eigenvalue weighted by Crippen LogP contribution is 2.45. The summed E-state index contributed by atoms with van der Waals surface area (Å²) in [6.45, 7) is 1.86. The Balaban J connectivity index is 1.66. The lowest BCUT2D eigenvalue weighted by Gasteiger charge is -2.16.